The summed E-state index contributed by atoms with van der Waals surface area (Å²) in [6, 6.07) is 22.5. The van der Waals surface area contributed by atoms with Crippen molar-refractivity contribution in [1.29, 1.82) is 5.26 Å². The Morgan fingerprint density at radius 1 is 0.806 bits per heavy atom. The van der Waals surface area contributed by atoms with Gasteiger partial charge in [-0.25, -0.2) is 4.79 Å². The highest BCUT2D eigenvalue weighted by atomic mass is 28.5. The Morgan fingerprint density at radius 2 is 1.28 bits per heavy atom. The Bertz CT molecular complexity index is 1040. The van der Waals surface area contributed by atoms with E-state index < -0.39 is 31.2 Å². The lowest BCUT2D eigenvalue weighted by atomic mass is 9.97. The van der Waals surface area contributed by atoms with Crippen molar-refractivity contribution in [1.82, 2.24) is 0 Å². The van der Waals surface area contributed by atoms with Crippen molar-refractivity contribution < 1.29 is 17.8 Å². The molecule has 2 aromatic carbocycles. The Labute approximate surface area is 219 Å². The first-order chi connectivity index (χ1) is 16.8. The first-order valence-corrected chi connectivity index (χ1v) is 21.7. The number of allylic oxidation sites excluding steroid dienone is 2. The van der Waals surface area contributed by atoms with Crippen LogP contribution in [0.15, 0.2) is 78.4 Å². The van der Waals surface area contributed by atoms with E-state index in [-0.39, 0.29) is 12.2 Å². The highest BCUT2D eigenvalue weighted by molar-refractivity contribution is 6.87. The van der Waals surface area contributed by atoms with Crippen LogP contribution in [0.4, 0.5) is 0 Å². The highest BCUT2D eigenvalue weighted by Crippen LogP contribution is 2.26. The third-order valence-electron chi connectivity index (χ3n) is 4.98. The fourth-order valence-corrected chi connectivity index (χ4v) is 16.5. The Hall–Kier alpha value is -2.55. The molecule has 0 aliphatic heterocycles. The third kappa shape index (κ3) is 10.6. The van der Waals surface area contributed by atoms with E-state index in [9.17, 15) is 10.1 Å². The fourth-order valence-electron chi connectivity index (χ4n) is 3.97. The quantitative estimate of drug-likeness (QED) is 0.0711. The van der Waals surface area contributed by atoms with Crippen LogP contribution in [0, 0.1) is 11.3 Å². The van der Waals surface area contributed by atoms with Gasteiger partial charge < -0.3 is 13.0 Å². The van der Waals surface area contributed by atoms with Gasteiger partial charge in [-0.2, -0.15) is 5.26 Å². The number of esters is 1. The molecule has 0 atom stereocenters. The summed E-state index contributed by atoms with van der Waals surface area (Å²) in [5.74, 6) is -0.616. The molecular formula is C28H39NO4Si3. The van der Waals surface area contributed by atoms with Crippen LogP contribution in [0.3, 0.4) is 0 Å². The first-order valence-electron chi connectivity index (χ1n) is 12.3. The van der Waals surface area contributed by atoms with E-state index in [2.05, 4.69) is 45.8 Å². The second kappa shape index (κ2) is 13.1. The summed E-state index contributed by atoms with van der Waals surface area (Å²) in [7, 11) is -5.96. The summed E-state index contributed by atoms with van der Waals surface area (Å²) < 4.78 is 18.5. The van der Waals surface area contributed by atoms with Gasteiger partial charge in [-0.15, -0.1) is 0 Å². The molecule has 0 amide bonds. The molecule has 36 heavy (non-hydrogen) atoms. The molecular weight excluding hydrogens is 499 g/mol. The average molecular weight is 538 g/mol. The highest BCUT2D eigenvalue weighted by Gasteiger charge is 2.39. The molecule has 5 nitrogen and oxygen atoms in total. The van der Waals surface area contributed by atoms with E-state index in [4.69, 9.17) is 13.0 Å². The van der Waals surface area contributed by atoms with E-state index >= 15 is 0 Å². The molecule has 0 radical (unpaired) electrons. The van der Waals surface area contributed by atoms with E-state index in [1.807, 2.05) is 66.7 Å². The van der Waals surface area contributed by atoms with Gasteiger partial charge >= 0.3 is 14.5 Å². The standard InChI is InChI=1S/C28H39NO4Si3/c1-34(2,3)32-36(7,33-35(4,5)6)22-14-21-31-28(30)26(23-29)19-20-27(24-15-10-8-11-16-24)25-17-12-9-13-18-25/h8-13,15-20H,14,21-22H2,1-7H3. The molecule has 0 spiro atoms. The van der Waals surface area contributed by atoms with Crippen LogP contribution in [0.25, 0.3) is 5.57 Å². The number of rotatable bonds is 12. The van der Waals surface area contributed by atoms with E-state index in [0.29, 0.717) is 6.42 Å². The van der Waals surface area contributed by atoms with Gasteiger partial charge in [0.2, 0.25) is 0 Å². The summed E-state index contributed by atoms with van der Waals surface area (Å²) in [5.41, 5.74) is 2.89. The molecule has 0 aliphatic carbocycles. The van der Waals surface area contributed by atoms with Crippen molar-refractivity contribution in [2.24, 2.45) is 0 Å². The smallest absolute Gasteiger partial charge is 0.348 e. The molecule has 8 heteroatoms. The predicted octanol–water partition coefficient (Wildman–Crippen LogP) is 7.28. The van der Waals surface area contributed by atoms with Crippen molar-refractivity contribution in [3.05, 3.63) is 89.5 Å². The SMILES string of the molecule is C[Si](C)(C)O[Si](C)(CCCOC(=O)C(C#N)=CC=C(c1ccccc1)c1ccccc1)O[Si](C)(C)C. The zero-order valence-electron chi connectivity index (χ0n) is 22.6. The van der Waals surface area contributed by atoms with Crippen molar-refractivity contribution in [3.8, 4) is 6.07 Å². The van der Waals surface area contributed by atoms with Crippen molar-refractivity contribution in [3.63, 3.8) is 0 Å². The summed E-state index contributed by atoms with van der Waals surface area (Å²) in [5, 5.41) is 9.62. The number of nitriles is 1. The predicted molar refractivity (Wildman–Crippen MR) is 155 cm³/mol. The summed E-state index contributed by atoms with van der Waals surface area (Å²) in [4.78, 5) is 12.7. The summed E-state index contributed by atoms with van der Waals surface area (Å²) in [6.07, 6.45) is 3.98. The van der Waals surface area contributed by atoms with Crippen LogP contribution >= 0.6 is 0 Å². The van der Waals surface area contributed by atoms with Crippen LogP contribution in [0.5, 0.6) is 0 Å². The summed E-state index contributed by atoms with van der Waals surface area (Å²) in [6.45, 7) is 15.4. The number of benzene rings is 2. The van der Waals surface area contributed by atoms with E-state index in [1.165, 1.54) is 0 Å². The normalized spacial score (nSPS) is 12.6. The Kier molecular flexibility index (Phi) is 10.8. The second-order valence-corrected chi connectivity index (χ2v) is 23.7. The van der Waals surface area contributed by atoms with Crippen LogP contribution in [0.2, 0.25) is 51.9 Å². The third-order valence-corrected chi connectivity index (χ3v) is 14.6. The maximum Gasteiger partial charge on any atom is 0.348 e. The zero-order chi connectivity index (χ0) is 26.8. The molecule has 192 valence electrons. The lowest BCUT2D eigenvalue weighted by Gasteiger charge is -2.38. The molecule has 0 fully saturated rings. The molecule has 2 aromatic rings. The first kappa shape index (κ1) is 29.7. The van der Waals surface area contributed by atoms with Crippen molar-refractivity contribution in [2.45, 2.75) is 58.3 Å². The second-order valence-electron chi connectivity index (χ2n) is 10.8. The number of nitrogens with zero attached hydrogens (tertiary/aromatic N) is 1. The maximum absolute atomic E-state index is 12.7. The Balaban J connectivity index is 2.10. The minimum Gasteiger partial charge on any atom is -0.462 e. The molecule has 2 rings (SSSR count). The fraction of sp³-hybridized carbons (Fsp3) is 0.357. The van der Waals surface area contributed by atoms with Gasteiger partial charge in [-0.1, -0.05) is 66.7 Å². The van der Waals surface area contributed by atoms with Gasteiger partial charge in [0.25, 0.3) is 0 Å². The number of carbonyl (C=O) groups is 1. The van der Waals surface area contributed by atoms with Crippen LogP contribution < -0.4 is 0 Å². The molecule has 0 heterocycles. The molecule has 0 N–H and O–H groups in total. The molecule has 0 saturated heterocycles. The molecule has 0 aliphatic rings. The number of ether oxygens (including phenoxy) is 1. The average Bonchev–Trinajstić information content (AvgIpc) is 2.78. The Morgan fingerprint density at radius 3 is 1.69 bits per heavy atom. The maximum atomic E-state index is 12.7. The molecule has 0 bridgehead atoms. The molecule has 0 saturated carbocycles. The van der Waals surface area contributed by atoms with Gasteiger partial charge in [0, 0.05) is 0 Å². The lowest BCUT2D eigenvalue weighted by molar-refractivity contribution is -0.138. The summed E-state index contributed by atoms with van der Waals surface area (Å²) >= 11 is 0. The number of hydrogen-bond acceptors (Lipinski definition) is 5. The van der Waals surface area contributed by atoms with Crippen molar-refractivity contribution in [2.75, 3.05) is 6.61 Å². The lowest BCUT2D eigenvalue weighted by Crippen LogP contribution is -2.52. The van der Waals surface area contributed by atoms with Gasteiger partial charge in [-0.05, 0) is 81.1 Å². The van der Waals surface area contributed by atoms with Gasteiger partial charge in [0.1, 0.15) is 11.6 Å². The van der Waals surface area contributed by atoms with Crippen LogP contribution in [0.1, 0.15) is 17.5 Å². The minimum absolute atomic E-state index is 0.0314. The minimum atomic E-state index is -2.39. The largest absolute Gasteiger partial charge is 0.462 e. The van der Waals surface area contributed by atoms with E-state index in [0.717, 1.165) is 22.7 Å². The van der Waals surface area contributed by atoms with E-state index in [1.54, 1.807) is 12.2 Å². The van der Waals surface area contributed by atoms with Gasteiger partial charge in [0.15, 0.2) is 16.6 Å². The van der Waals surface area contributed by atoms with Crippen LogP contribution in [-0.4, -0.2) is 37.8 Å². The number of hydrogen-bond donors (Lipinski definition) is 0. The number of carbonyl (C=O) groups excluding carboxylic acids is 1. The zero-order valence-corrected chi connectivity index (χ0v) is 25.6. The molecule has 0 unspecified atom stereocenters. The molecule has 0 aromatic heterocycles. The van der Waals surface area contributed by atoms with Crippen molar-refractivity contribution >= 4 is 36.7 Å². The van der Waals surface area contributed by atoms with Crippen LogP contribution in [-0.2, 0) is 17.8 Å². The monoisotopic (exact) mass is 537 g/mol. The topological polar surface area (TPSA) is 68.5 Å². The van der Waals surface area contributed by atoms with Gasteiger partial charge in [0.05, 0.1) is 6.61 Å². The van der Waals surface area contributed by atoms with Gasteiger partial charge in [-0.3, -0.25) is 0 Å².